The first-order valence-electron chi connectivity index (χ1n) is 9.24. The van der Waals surface area contributed by atoms with Gasteiger partial charge >= 0.3 is 5.63 Å². The van der Waals surface area contributed by atoms with E-state index < -0.39 is 42.9 Å². The number of rotatable bonds is 3. The van der Waals surface area contributed by atoms with E-state index in [9.17, 15) is 25.2 Å². The number of hydrogen-bond acceptors (Lipinski definition) is 10. The summed E-state index contributed by atoms with van der Waals surface area (Å²) in [6.45, 7) is -0.544. The Kier molecular flexibility index (Phi) is 4.53. The van der Waals surface area contributed by atoms with Crippen LogP contribution < -0.4 is 19.8 Å². The SMILES string of the molecule is O=c1oc2cc(O[C@@H]3O[C@H](CO)[C@@H](O)[C@H](O)[C@H]3O)ccc2c2ccc3c(c12)OCO3. The molecule has 10 nitrogen and oxygen atoms in total. The van der Waals surface area contributed by atoms with Gasteiger partial charge in [0.25, 0.3) is 0 Å². The molecule has 4 N–H and O–H groups in total. The molecule has 30 heavy (non-hydrogen) atoms. The molecule has 10 heteroatoms. The third-order valence-electron chi connectivity index (χ3n) is 5.29. The predicted octanol–water partition coefficient (Wildman–Crippen LogP) is -0.146. The van der Waals surface area contributed by atoms with Gasteiger partial charge in [0.2, 0.25) is 13.1 Å². The van der Waals surface area contributed by atoms with E-state index in [0.717, 1.165) is 0 Å². The summed E-state index contributed by atoms with van der Waals surface area (Å²) in [4.78, 5) is 12.6. The second-order valence-electron chi connectivity index (χ2n) is 7.08. The van der Waals surface area contributed by atoms with E-state index in [-0.39, 0.29) is 23.5 Å². The average molecular weight is 418 g/mol. The molecule has 158 valence electrons. The molecule has 0 bridgehead atoms. The first kappa shape index (κ1) is 19.1. The normalized spacial score (nSPS) is 28.2. The molecule has 0 saturated carbocycles. The summed E-state index contributed by atoms with van der Waals surface area (Å²) in [7, 11) is 0. The second kappa shape index (κ2) is 7.11. The third kappa shape index (κ3) is 2.89. The number of aliphatic hydroxyl groups is 4. The van der Waals surface area contributed by atoms with Gasteiger partial charge in [0.15, 0.2) is 11.5 Å². The van der Waals surface area contributed by atoms with Crippen LogP contribution in [-0.2, 0) is 4.74 Å². The Morgan fingerprint density at radius 1 is 1.00 bits per heavy atom. The summed E-state index contributed by atoms with van der Waals surface area (Å²) in [6, 6.07) is 8.14. The molecule has 3 heterocycles. The highest BCUT2D eigenvalue weighted by Crippen LogP contribution is 2.40. The third-order valence-corrected chi connectivity index (χ3v) is 5.29. The fraction of sp³-hybridized carbons (Fsp3) is 0.350. The summed E-state index contributed by atoms with van der Waals surface area (Å²) in [5, 5.41) is 40.7. The zero-order valence-corrected chi connectivity index (χ0v) is 15.4. The number of benzene rings is 2. The minimum atomic E-state index is -1.56. The van der Waals surface area contributed by atoms with E-state index in [1.165, 1.54) is 6.07 Å². The van der Waals surface area contributed by atoms with Crippen molar-refractivity contribution in [3.63, 3.8) is 0 Å². The predicted molar refractivity (Wildman–Crippen MR) is 101 cm³/mol. The molecule has 0 spiro atoms. The van der Waals surface area contributed by atoms with E-state index in [0.29, 0.717) is 22.3 Å². The van der Waals surface area contributed by atoms with Crippen LogP contribution in [0.2, 0.25) is 0 Å². The highest BCUT2D eigenvalue weighted by Gasteiger charge is 2.44. The molecule has 5 rings (SSSR count). The molecule has 5 atom stereocenters. The first-order chi connectivity index (χ1) is 14.5. The monoisotopic (exact) mass is 418 g/mol. The first-order valence-corrected chi connectivity index (χ1v) is 9.24. The number of aliphatic hydroxyl groups excluding tert-OH is 4. The van der Waals surface area contributed by atoms with Crippen LogP contribution in [0.1, 0.15) is 0 Å². The van der Waals surface area contributed by atoms with Crippen LogP contribution in [0.25, 0.3) is 21.7 Å². The number of ether oxygens (including phenoxy) is 4. The zero-order valence-electron chi connectivity index (χ0n) is 15.4. The van der Waals surface area contributed by atoms with Gasteiger partial charge in [0.1, 0.15) is 41.1 Å². The van der Waals surface area contributed by atoms with Gasteiger partial charge in [0.05, 0.1) is 6.61 Å². The van der Waals surface area contributed by atoms with Crippen LogP contribution in [0.4, 0.5) is 0 Å². The molecule has 1 fully saturated rings. The quantitative estimate of drug-likeness (QED) is 0.334. The van der Waals surface area contributed by atoms with Crippen LogP contribution in [0.15, 0.2) is 39.5 Å². The fourth-order valence-corrected chi connectivity index (χ4v) is 3.73. The van der Waals surface area contributed by atoms with Crippen LogP contribution in [0.5, 0.6) is 17.2 Å². The van der Waals surface area contributed by atoms with E-state index in [2.05, 4.69) is 0 Å². The largest absolute Gasteiger partial charge is 0.462 e. The fourth-order valence-electron chi connectivity index (χ4n) is 3.73. The molecule has 2 aliphatic heterocycles. The van der Waals surface area contributed by atoms with E-state index in [1.54, 1.807) is 24.3 Å². The molecular weight excluding hydrogens is 400 g/mol. The van der Waals surface area contributed by atoms with Gasteiger partial charge in [-0.05, 0) is 24.3 Å². The second-order valence-corrected chi connectivity index (χ2v) is 7.08. The molecule has 0 unspecified atom stereocenters. The van der Waals surface area contributed by atoms with Crippen LogP contribution in [0, 0.1) is 0 Å². The van der Waals surface area contributed by atoms with E-state index >= 15 is 0 Å². The topological polar surface area (TPSA) is 148 Å². The van der Waals surface area contributed by atoms with Crippen molar-refractivity contribution >= 4 is 21.7 Å². The lowest BCUT2D eigenvalue weighted by Gasteiger charge is -2.39. The minimum absolute atomic E-state index is 0.0256. The van der Waals surface area contributed by atoms with Gasteiger partial charge in [-0.25, -0.2) is 4.79 Å². The average Bonchev–Trinajstić information content (AvgIpc) is 3.22. The van der Waals surface area contributed by atoms with Crippen molar-refractivity contribution in [1.29, 1.82) is 0 Å². The van der Waals surface area contributed by atoms with Gasteiger partial charge in [0, 0.05) is 16.8 Å². The number of hydrogen-bond donors (Lipinski definition) is 4. The van der Waals surface area contributed by atoms with Crippen LogP contribution in [-0.4, -0.2) is 64.5 Å². The van der Waals surface area contributed by atoms with Gasteiger partial charge < -0.3 is 43.8 Å². The Labute approximate surface area is 168 Å². The Bertz CT molecular complexity index is 1170. The molecule has 3 aromatic rings. The van der Waals surface area contributed by atoms with Gasteiger partial charge in [-0.2, -0.15) is 0 Å². The lowest BCUT2D eigenvalue weighted by Crippen LogP contribution is -2.60. The molecule has 1 aromatic heterocycles. The highest BCUT2D eigenvalue weighted by molar-refractivity contribution is 6.07. The van der Waals surface area contributed by atoms with Crippen molar-refractivity contribution in [2.24, 2.45) is 0 Å². The summed E-state index contributed by atoms with van der Waals surface area (Å²) < 4.78 is 27.1. The molecule has 0 radical (unpaired) electrons. The smallest absolute Gasteiger partial charge is 0.348 e. The van der Waals surface area contributed by atoms with E-state index in [1.807, 2.05) is 0 Å². The zero-order chi connectivity index (χ0) is 21.0. The summed E-state index contributed by atoms with van der Waals surface area (Å²) in [5.41, 5.74) is -0.377. The Morgan fingerprint density at radius 2 is 1.80 bits per heavy atom. The lowest BCUT2D eigenvalue weighted by molar-refractivity contribution is -0.277. The molecular formula is C20H18O10. The molecule has 2 aliphatic rings. The van der Waals surface area contributed by atoms with Crippen molar-refractivity contribution < 1.29 is 43.8 Å². The Hall–Kier alpha value is -2.89. The van der Waals surface area contributed by atoms with Crippen molar-refractivity contribution in [2.45, 2.75) is 30.7 Å². The van der Waals surface area contributed by atoms with Crippen molar-refractivity contribution in [1.82, 2.24) is 0 Å². The maximum atomic E-state index is 12.6. The standard InChI is InChI=1S/C20H18O10/c21-6-13-15(22)16(23)17(24)20(30-13)28-8-1-2-9-10-3-4-11-18(27-7-26-11)14(10)19(25)29-12(9)5-8/h1-5,13,15-17,20-24H,6-7H2/t13-,15-,16+,17-,20-/m1/s1. The lowest BCUT2D eigenvalue weighted by atomic mass is 9.99. The van der Waals surface area contributed by atoms with Gasteiger partial charge in [-0.15, -0.1) is 0 Å². The van der Waals surface area contributed by atoms with Crippen molar-refractivity contribution in [3.05, 3.63) is 40.8 Å². The van der Waals surface area contributed by atoms with Crippen LogP contribution >= 0.6 is 0 Å². The van der Waals surface area contributed by atoms with Gasteiger partial charge in [-0.1, -0.05) is 0 Å². The molecule has 1 saturated heterocycles. The van der Waals surface area contributed by atoms with Crippen molar-refractivity contribution in [2.75, 3.05) is 13.4 Å². The molecule has 0 amide bonds. The highest BCUT2D eigenvalue weighted by atomic mass is 16.7. The van der Waals surface area contributed by atoms with E-state index in [4.69, 9.17) is 23.4 Å². The molecule has 2 aromatic carbocycles. The summed E-state index contributed by atoms with van der Waals surface area (Å²) in [5.74, 6) is 0.997. The Balaban J connectivity index is 1.52. The minimum Gasteiger partial charge on any atom is -0.462 e. The maximum absolute atomic E-state index is 12.6. The number of fused-ring (bicyclic) bond motifs is 5. The van der Waals surface area contributed by atoms with Gasteiger partial charge in [-0.3, -0.25) is 0 Å². The maximum Gasteiger partial charge on any atom is 0.348 e. The van der Waals surface area contributed by atoms with Crippen molar-refractivity contribution in [3.8, 4) is 17.2 Å². The summed E-state index contributed by atoms with van der Waals surface area (Å²) in [6.07, 6.45) is -7.05. The Morgan fingerprint density at radius 3 is 2.60 bits per heavy atom. The summed E-state index contributed by atoms with van der Waals surface area (Å²) >= 11 is 0. The van der Waals surface area contributed by atoms with Crippen LogP contribution in [0.3, 0.4) is 0 Å². The molecule has 0 aliphatic carbocycles.